The minimum absolute atomic E-state index is 0.276. The summed E-state index contributed by atoms with van der Waals surface area (Å²) in [4.78, 5) is 0. The lowest BCUT2D eigenvalue weighted by Gasteiger charge is -2.18. The normalized spacial score (nSPS) is 14.9. The predicted molar refractivity (Wildman–Crippen MR) is 70.1 cm³/mol. The first-order valence-electron chi connectivity index (χ1n) is 6.49. The van der Waals surface area contributed by atoms with Gasteiger partial charge in [0, 0.05) is 18.2 Å². The van der Waals surface area contributed by atoms with Crippen LogP contribution in [0, 0.1) is 19.8 Å². The summed E-state index contributed by atoms with van der Waals surface area (Å²) in [6.45, 7) is 9.53. The summed E-state index contributed by atoms with van der Waals surface area (Å²) in [6.07, 6.45) is 1.98. The van der Waals surface area contributed by atoms with E-state index >= 15 is 0 Å². The highest BCUT2D eigenvalue weighted by Crippen LogP contribution is 2.21. The van der Waals surface area contributed by atoms with Crippen molar-refractivity contribution < 1.29 is 9.52 Å². The average molecular weight is 239 g/mol. The van der Waals surface area contributed by atoms with Crippen LogP contribution in [-0.2, 0) is 0 Å². The second-order valence-electron chi connectivity index (χ2n) is 4.79. The van der Waals surface area contributed by atoms with Gasteiger partial charge in [-0.3, -0.25) is 0 Å². The fourth-order valence-electron chi connectivity index (χ4n) is 2.17. The van der Waals surface area contributed by atoms with Crippen LogP contribution in [0.15, 0.2) is 10.5 Å². The van der Waals surface area contributed by atoms with E-state index in [1.54, 1.807) is 0 Å². The van der Waals surface area contributed by atoms with Crippen LogP contribution in [-0.4, -0.2) is 18.3 Å². The number of aliphatic hydroxyl groups excluding tert-OH is 1. The number of hydrogen-bond acceptors (Lipinski definition) is 3. The lowest BCUT2D eigenvalue weighted by atomic mass is 10.0. The minimum Gasteiger partial charge on any atom is -0.466 e. The summed E-state index contributed by atoms with van der Waals surface area (Å²) in [5, 5.41) is 12.5. The topological polar surface area (TPSA) is 45.4 Å². The van der Waals surface area contributed by atoms with E-state index in [0.717, 1.165) is 30.9 Å². The van der Waals surface area contributed by atoms with Gasteiger partial charge in [0.25, 0.3) is 0 Å². The Kier molecular flexibility index (Phi) is 5.72. The molecule has 0 radical (unpaired) electrons. The first-order chi connectivity index (χ1) is 8.08. The standard InChI is InChI=1S/C14H25NO2/c1-5-13(6-7-16)9-15-11(3)14-8-10(2)17-12(14)4/h8,11,13,15-16H,5-7,9H2,1-4H3. The first-order valence-corrected chi connectivity index (χ1v) is 6.49. The van der Waals surface area contributed by atoms with Crippen molar-refractivity contribution in [2.24, 2.45) is 5.92 Å². The Bertz CT molecular complexity index is 333. The largest absolute Gasteiger partial charge is 0.466 e. The third-order valence-electron chi connectivity index (χ3n) is 3.37. The van der Waals surface area contributed by atoms with E-state index in [0.29, 0.717) is 12.0 Å². The molecule has 0 saturated heterocycles. The molecule has 2 unspecified atom stereocenters. The molecule has 1 aromatic heterocycles. The maximum absolute atomic E-state index is 8.95. The smallest absolute Gasteiger partial charge is 0.105 e. The number of hydrogen-bond donors (Lipinski definition) is 2. The molecule has 3 heteroatoms. The number of aliphatic hydroxyl groups is 1. The van der Waals surface area contributed by atoms with Gasteiger partial charge in [0.15, 0.2) is 0 Å². The van der Waals surface area contributed by atoms with Crippen molar-refractivity contribution in [2.45, 2.75) is 46.6 Å². The molecule has 17 heavy (non-hydrogen) atoms. The molecule has 0 bridgehead atoms. The molecule has 1 heterocycles. The summed E-state index contributed by atoms with van der Waals surface area (Å²) in [7, 11) is 0. The molecular formula is C14H25NO2. The molecular weight excluding hydrogens is 214 g/mol. The van der Waals surface area contributed by atoms with Crippen molar-refractivity contribution in [3.8, 4) is 0 Å². The van der Waals surface area contributed by atoms with Gasteiger partial charge in [-0.1, -0.05) is 13.3 Å². The van der Waals surface area contributed by atoms with E-state index < -0.39 is 0 Å². The van der Waals surface area contributed by atoms with Gasteiger partial charge in [-0.2, -0.15) is 0 Å². The van der Waals surface area contributed by atoms with Crippen LogP contribution < -0.4 is 5.32 Å². The zero-order chi connectivity index (χ0) is 12.8. The van der Waals surface area contributed by atoms with Crippen LogP contribution in [0.5, 0.6) is 0 Å². The number of rotatable bonds is 7. The van der Waals surface area contributed by atoms with Crippen molar-refractivity contribution in [3.63, 3.8) is 0 Å². The zero-order valence-corrected chi connectivity index (χ0v) is 11.4. The van der Waals surface area contributed by atoms with Gasteiger partial charge in [0.2, 0.25) is 0 Å². The van der Waals surface area contributed by atoms with Crippen LogP contribution in [0.25, 0.3) is 0 Å². The molecule has 0 aromatic carbocycles. The quantitative estimate of drug-likeness (QED) is 0.769. The van der Waals surface area contributed by atoms with Crippen molar-refractivity contribution in [1.82, 2.24) is 5.32 Å². The van der Waals surface area contributed by atoms with E-state index in [9.17, 15) is 0 Å². The average Bonchev–Trinajstić information content (AvgIpc) is 2.63. The number of aryl methyl sites for hydroxylation is 2. The predicted octanol–water partition coefficient (Wildman–Crippen LogP) is 2.96. The van der Waals surface area contributed by atoms with Gasteiger partial charge in [-0.15, -0.1) is 0 Å². The highest BCUT2D eigenvalue weighted by Gasteiger charge is 2.13. The molecule has 3 nitrogen and oxygen atoms in total. The molecule has 0 amide bonds. The van der Waals surface area contributed by atoms with Crippen molar-refractivity contribution in [2.75, 3.05) is 13.2 Å². The van der Waals surface area contributed by atoms with E-state index in [4.69, 9.17) is 9.52 Å². The maximum Gasteiger partial charge on any atom is 0.105 e. The SMILES string of the molecule is CCC(CCO)CNC(C)c1cc(C)oc1C. The molecule has 0 saturated carbocycles. The monoisotopic (exact) mass is 239 g/mol. The van der Waals surface area contributed by atoms with Gasteiger partial charge in [0.1, 0.15) is 11.5 Å². The van der Waals surface area contributed by atoms with E-state index in [-0.39, 0.29) is 6.61 Å². The lowest BCUT2D eigenvalue weighted by molar-refractivity contribution is 0.249. The van der Waals surface area contributed by atoms with Crippen LogP contribution >= 0.6 is 0 Å². The highest BCUT2D eigenvalue weighted by molar-refractivity contribution is 5.23. The number of furan rings is 1. The summed E-state index contributed by atoms with van der Waals surface area (Å²) in [6, 6.07) is 2.40. The zero-order valence-electron chi connectivity index (χ0n) is 11.4. The third kappa shape index (κ3) is 4.17. The molecule has 0 spiro atoms. The summed E-state index contributed by atoms with van der Waals surface area (Å²) in [5.74, 6) is 2.52. The Morgan fingerprint density at radius 2 is 2.12 bits per heavy atom. The number of nitrogens with one attached hydrogen (secondary N) is 1. The van der Waals surface area contributed by atoms with Crippen LogP contribution in [0.4, 0.5) is 0 Å². The van der Waals surface area contributed by atoms with E-state index in [1.165, 1.54) is 5.56 Å². The molecule has 1 rings (SSSR count). The molecule has 0 aliphatic rings. The fraction of sp³-hybridized carbons (Fsp3) is 0.714. The van der Waals surface area contributed by atoms with Crippen molar-refractivity contribution in [3.05, 3.63) is 23.2 Å². The molecule has 0 fully saturated rings. The molecule has 0 aliphatic carbocycles. The Hall–Kier alpha value is -0.800. The third-order valence-corrected chi connectivity index (χ3v) is 3.37. The van der Waals surface area contributed by atoms with Crippen molar-refractivity contribution >= 4 is 0 Å². The van der Waals surface area contributed by atoms with E-state index in [1.807, 2.05) is 13.8 Å². The van der Waals surface area contributed by atoms with Crippen LogP contribution in [0.1, 0.15) is 49.8 Å². The molecule has 2 N–H and O–H groups in total. The second kappa shape index (κ2) is 6.82. The second-order valence-corrected chi connectivity index (χ2v) is 4.79. The van der Waals surface area contributed by atoms with Crippen molar-refractivity contribution in [1.29, 1.82) is 0 Å². The Morgan fingerprint density at radius 3 is 2.59 bits per heavy atom. The van der Waals surface area contributed by atoms with Gasteiger partial charge in [-0.25, -0.2) is 0 Å². The van der Waals surface area contributed by atoms with Gasteiger partial charge < -0.3 is 14.8 Å². The summed E-state index contributed by atoms with van der Waals surface area (Å²) < 4.78 is 5.54. The Morgan fingerprint density at radius 1 is 1.41 bits per heavy atom. The van der Waals surface area contributed by atoms with Gasteiger partial charge in [-0.05, 0) is 45.7 Å². The molecule has 2 atom stereocenters. The molecule has 98 valence electrons. The molecule has 1 aromatic rings. The van der Waals surface area contributed by atoms with E-state index in [2.05, 4.69) is 25.2 Å². The van der Waals surface area contributed by atoms with Gasteiger partial charge in [0.05, 0.1) is 0 Å². The summed E-state index contributed by atoms with van der Waals surface area (Å²) >= 11 is 0. The Labute approximate surface area is 104 Å². The maximum atomic E-state index is 8.95. The first kappa shape index (κ1) is 14.3. The fourth-order valence-corrected chi connectivity index (χ4v) is 2.17. The van der Waals surface area contributed by atoms with Gasteiger partial charge >= 0.3 is 0 Å². The minimum atomic E-state index is 0.276. The van der Waals surface area contributed by atoms with Crippen LogP contribution in [0.2, 0.25) is 0 Å². The Balaban J connectivity index is 2.49. The summed E-state index contributed by atoms with van der Waals surface area (Å²) in [5.41, 5.74) is 1.24. The molecule has 0 aliphatic heterocycles. The van der Waals surface area contributed by atoms with Crippen LogP contribution in [0.3, 0.4) is 0 Å². The lowest BCUT2D eigenvalue weighted by Crippen LogP contribution is -2.26. The highest BCUT2D eigenvalue weighted by atomic mass is 16.3.